The number of aromatic nitrogens is 1. The van der Waals surface area contributed by atoms with Crippen LogP contribution in [0.2, 0.25) is 5.02 Å². The molecule has 8 nitrogen and oxygen atoms in total. The van der Waals surface area contributed by atoms with E-state index in [2.05, 4.69) is 17.6 Å². The van der Waals surface area contributed by atoms with Crippen LogP contribution >= 0.6 is 23.4 Å². The predicted molar refractivity (Wildman–Crippen MR) is 135 cm³/mol. The average molecular weight is 524 g/mol. The number of rotatable bonds is 2. The molecule has 1 saturated heterocycles. The second kappa shape index (κ2) is 8.99. The van der Waals surface area contributed by atoms with Crippen molar-refractivity contribution in [2.24, 2.45) is 0 Å². The van der Waals surface area contributed by atoms with Crippen molar-refractivity contribution in [1.29, 1.82) is 0 Å². The van der Waals surface area contributed by atoms with Crippen molar-refractivity contribution in [3.63, 3.8) is 0 Å². The van der Waals surface area contributed by atoms with Crippen LogP contribution in [0.4, 0.5) is 0 Å². The van der Waals surface area contributed by atoms with Crippen LogP contribution in [0.3, 0.4) is 0 Å². The highest BCUT2D eigenvalue weighted by molar-refractivity contribution is 7.98. The molecule has 1 N–H and O–H groups in total. The first kappa shape index (κ1) is 23.1. The second-order valence-electron chi connectivity index (χ2n) is 8.85. The van der Waals surface area contributed by atoms with Crippen LogP contribution in [-0.4, -0.2) is 40.8 Å². The van der Waals surface area contributed by atoms with Gasteiger partial charge in [-0.1, -0.05) is 35.9 Å². The third-order valence-electron chi connectivity index (χ3n) is 6.72. The van der Waals surface area contributed by atoms with Crippen molar-refractivity contribution in [2.75, 3.05) is 18.6 Å². The van der Waals surface area contributed by atoms with Gasteiger partial charge in [0.1, 0.15) is 12.3 Å². The number of hydrogen-bond acceptors (Lipinski definition) is 7. The molecule has 0 saturated carbocycles. The van der Waals surface area contributed by atoms with Crippen LogP contribution < -0.4 is 15.6 Å². The summed E-state index contributed by atoms with van der Waals surface area (Å²) in [7, 11) is 0. The molecule has 1 aromatic heterocycles. The predicted octanol–water partition coefficient (Wildman–Crippen LogP) is 3.72. The zero-order valence-electron chi connectivity index (χ0n) is 19.3. The average Bonchev–Trinajstić information content (AvgIpc) is 3.06. The van der Waals surface area contributed by atoms with Gasteiger partial charge in [-0.3, -0.25) is 19.1 Å². The zero-order valence-corrected chi connectivity index (χ0v) is 20.9. The molecule has 2 atom stereocenters. The molecule has 0 spiro atoms. The van der Waals surface area contributed by atoms with Gasteiger partial charge in [0.2, 0.25) is 11.2 Å². The van der Waals surface area contributed by atoms with Gasteiger partial charge in [-0.05, 0) is 40.8 Å². The van der Waals surface area contributed by atoms with E-state index in [4.69, 9.17) is 21.1 Å². The molecular weight excluding hydrogens is 502 g/mol. The lowest BCUT2D eigenvalue weighted by Gasteiger charge is -2.46. The van der Waals surface area contributed by atoms with Crippen LogP contribution in [0.25, 0.3) is 0 Å². The van der Waals surface area contributed by atoms with Crippen molar-refractivity contribution in [3.8, 4) is 5.75 Å². The molecule has 0 aliphatic carbocycles. The number of amides is 1. The van der Waals surface area contributed by atoms with E-state index < -0.39 is 29.6 Å². The third kappa shape index (κ3) is 3.78. The summed E-state index contributed by atoms with van der Waals surface area (Å²) in [5, 5.41) is 0.767. The molecule has 0 radical (unpaired) electrons. The van der Waals surface area contributed by atoms with Crippen molar-refractivity contribution < 1.29 is 19.1 Å². The molecule has 1 fully saturated rings. The summed E-state index contributed by atoms with van der Waals surface area (Å²) in [4.78, 5) is 40.4. The number of halogens is 1. The van der Waals surface area contributed by atoms with Gasteiger partial charge in [0.15, 0.2) is 5.69 Å². The van der Waals surface area contributed by atoms with E-state index in [9.17, 15) is 14.4 Å². The molecule has 6 rings (SSSR count). The van der Waals surface area contributed by atoms with Gasteiger partial charge in [0.05, 0.1) is 6.61 Å². The lowest BCUT2D eigenvalue weighted by atomic mass is 9.92. The highest BCUT2D eigenvalue weighted by atomic mass is 35.5. The van der Waals surface area contributed by atoms with Gasteiger partial charge in [-0.25, -0.2) is 0 Å². The smallest absolute Gasteiger partial charge is 0.308 e. The van der Waals surface area contributed by atoms with Crippen LogP contribution in [0, 0.1) is 0 Å². The summed E-state index contributed by atoms with van der Waals surface area (Å²) in [5.74, 6) is -0.555. The number of fused-ring (bicyclic) bond motifs is 4. The number of nitrogens with one attached hydrogen (secondary N) is 1. The Hall–Kier alpha value is -3.27. The molecule has 1 amide bonds. The number of ether oxygens (including phenoxy) is 2. The topological polar surface area (TPSA) is 89.9 Å². The first-order valence-electron chi connectivity index (χ1n) is 11.6. The van der Waals surface area contributed by atoms with E-state index in [1.807, 2.05) is 24.3 Å². The molecular formula is C26H22ClN3O5S. The van der Waals surface area contributed by atoms with Crippen LogP contribution in [0.15, 0.2) is 58.4 Å². The molecule has 3 aliphatic heterocycles. The number of thioether (sulfide) groups is 1. The highest BCUT2D eigenvalue weighted by Crippen LogP contribution is 2.42. The molecule has 184 valence electrons. The molecule has 2 aromatic carbocycles. The van der Waals surface area contributed by atoms with E-state index >= 15 is 0 Å². The zero-order chi connectivity index (χ0) is 25.0. The standard InChI is InChI=1S/C26H22ClN3O5S/c1-14(31)35-24-20(32)8-9-30-22(24)26(33)29-10-11-34-23(25(29)28-30)16-5-3-7-21-17(16)12-15-4-2-6-19(27)18(15)13-36-21/h2-9,23,25,28H,10-13H2,1H3/t23-,25-/m0/s1. The Labute approximate surface area is 216 Å². The first-order chi connectivity index (χ1) is 17.4. The fourth-order valence-corrected chi connectivity index (χ4v) is 6.61. The van der Waals surface area contributed by atoms with E-state index in [0.29, 0.717) is 19.6 Å². The summed E-state index contributed by atoms with van der Waals surface area (Å²) in [6, 6.07) is 13.4. The summed E-state index contributed by atoms with van der Waals surface area (Å²) >= 11 is 8.25. The fraction of sp³-hybridized carbons (Fsp3) is 0.269. The number of benzene rings is 2. The van der Waals surface area contributed by atoms with Crippen LogP contribution in [0.5, 0.6) is 5.75 Å². The minimum absolute atomic E-state index is 0.000570. The number of hydrogen-bond donors (Lipinski definition) is 1. The van der Waals surface area contributed by atoms with E-state index in [1.165, 1.54) is 29.4 Å². The van der Waals surface area contributed by atoms with E-state index in [0.717, 1.165) is 32.4 Å². The van der Waals surface area contributed by atoms with Gasteiger partial charge in [0.25, 0.3) is 5.91 Å². The van der Waals surface area contributed by atoms with Crippen molar-refractivity contribution in [1.82, 2.24) is 9.58 Å². The Morgan fingerprint density at radius 1 is 1.17 bits per heavy atom. The number of carbonyl (C=O) groups is 2. The molecule has 3 aliphatic rings. The normalized spacial score (nSPS) is 20.3. The summed E-state index contributed by atoms with van der Waals surface area (Å²) in [6.07, 6.45) is 1.20. The van der Waals surface area contributed by atoms with Gasteiger partial charge in [-0.15, -0.1) is 11.8 Å². The number of nitrogens with zero attached hydrogens (tertiary/aromatic N) is 2. The quantitative estimate of drug-likeness (QED) is 0.512. The molecule has 36 heavy (non-hydrogen) atoms. The largest absolute Gasteiger partial charge is 0.420 e. The first-order valence-corrected chi connectivity index (χ1v) is 12.9. The molecule has 3 aromatic rings. The van der Waals surface area contributed by atoms with Gasteiger partial charge in [0, 0.05) is 41.4 Å². The third-order valence-corrected chi connectivity index (χ3v) is 8.20. The molecule has 0 unspecified atom stereocenters. The Morgan fingerprint density at radius 3 is 2.83 bits per heavy atom. The lowest BCUT2D eigenvalue weighted by Crippen LogP contribution is -2.60. The van der Waals surface area contributed by atoms with Crippen molar-refractivity contribution in [3.05, 3.63) is 91.9 Å². The maximum atomic E-state index is 13.6. The Morgan fingerprint density at radius 2 is 2.00 bits per heavy atom. The fourth-order valence-electron chi connectivity index (χ4n) is 5.09. The summed E-state index contributed by atoms with van der Waals surface area (Å²) < 4.78 is 12.9. The van der Waals surface area contributed by atoms with Crippen molar-refractivity contribution in [2.45, 2.75) is 36.3 Å². The Kier molecular flexibility index (Phi) is 5.78. The van der Waals surface area contributed by atoms with Crippen LogP contribution in [-0.2, 0) is 21.7 Å². The van der Waals surface area contributed by atoms with Gasteiger partial charge in [-0.2, -0.15) is 0 Å². The maximum Gasteiger partial charge on any atom is 0.308 e. The molecule has 0 bridgehead atoms. The number of pyridine rings is 1. The van der Waals surface area contributed by atoms with Gasteiger partial charge >= 0.3 is 5.97 Å². The lowest BCUT2D eigenvalue weighted by molar-refractivity contribution is -0.132. The Balaban J connectivity index is 1.42. The molecule has 4 heterocycles. The highest BCUT2D eigenvalue weighted by Gasteiger charge is 2.43. The SMILES string of the molecule is CC(=O)Oc1c2n(ccc1=O)N[C@@H]1[C@H](c3cccc4c3Cc3cccc(Cl)c3CS4)OCCN1C2=O. The minimum atomic E-state index is -0.666. The monoisotopic (exact) mass is 523 g/mol. The second-order valence-corrected chi connectivity index (χ2v) is 10.3. The number of esters is 1. The van der Waals surface area contributed by atoms with E-state index in [-0.39, 0.29) is 11.4 Å². The summed E-state index contributed by atoms with van der Waals surface area (Å²) in [5.41, 5.74) is 7.24. The molecule has 10 heteroatoms. The van der Waals surface area contributed by atoms with Crippen molar-refractivity contribution >= 4 is 35.2 Å². The van der Waals surface area contributed by atoms with Crippen LogP contribution in [0.1, 0.15) is 45.8 Å². The van der Waals surface area contributed by atoms with E-state index in [1.54, 1.807) is 16.7 Å². The number of carbonyl (C=O) groups excluding carboxylic acids is 2. The Bertz CT molecular complexity index is 1470. The number of morpholine rings is 1. The van der Waals surface area contributed by atoms with Gasteiger partial charge < -0.3 is 19.8 Å². The summed E-state index contributed by atoms with van der Waals surface area (Å²) in [6.45, 7) is 1.86. The minimum Gasteiger partial charge on any atom is -0.420 e. The maximum absolute atomic E-state index is 13.6.